The monoisotopic (exact) mass is 292 g/mol. The summed E-state index contributed by atoms with van der Waals surface area (Å²) in [5.41, 5.74) is 0.544. The van der Waals surface area contributed by atoms with E-state index in [1.54, 1.807) is 30.6 Å². The quantitative estimate of drug-likeness (QED) is 0.651. The van der Waals surface area contributed by atoms with Crippen LogP contribution in [0, 0.1) is 10.1 Å². The average Bonchev–Trinajstić information content (AvgIpc) is 2.90. The van der Waals surface area contributed by atoms with E-state index in [9.17, 15) is 10.1 Å². The fourth-order valence-electron chi connectivity index (χ4n) is 1.96. The van der Waals surface area contributed by atoms with Crippen LogP contribution in [-0.4, -0.2) is 18.1 Å². The largest absolute Gasteiger partial charge is 0.497 e. The Kier molecular flexibility index (Phi) is 4.57. The lowest BCUT2D eigenvalue weighted by Gasteiger charge is -2.15. The minimum atomic E-state index is -0.389. The topological polar surface area (TPSA) is 64.4 Å². The van der Waals surface area contributed by atoms with Gasteiger partial charge in [0.2, 0.25) is 0 Å². The molecule has 0 spiro atoms. The minimum Gasteiger partial charge on any atom is -0.497 e. The van der Waals surface area contributed by atoms with Gasteiger partial charge in [0.05, 0.1) is 12.0 Å². The number of hydrogen-bond donors (Lipinski definition) is 1. The summed E-state index contributed by atoms with van der Waals surface area (Å²) in [5, 5.41) is 16.3. The normalized spacial score (nSPS) is 11.9. The molecular weight excluding hydrogens is 276 g/mol. The molecule has 20 heavy (non-hydrogen) atoms. The predicted octanol–water partition coefficient (Wildman–Crippen LogP) is 3.71. The maximum absolute atomic E-state index is 11.0. The number of thiophene rings is 1. The third kappa shape index (κ3) is 3.48. The van der Waals surface area contributed by atoms with Gasteiger partial charge in [-0.1, -0.05) is 6.07 Å². The van der Waals surface area contributed by atoms with Crippen molar-refractivity contribution >= 4 is 22.7 Å². The molecule has 106 valence electrons. The number of methoxy groups -OCH3 is 1. The number of nitro benzene ring substituents is 1. The molecule has 1 N–H and O–H groups in total. The van der Waals surface area contributed by atoms with Crippen molar-refractivity contribution in [3.8, 4) is 5.75 Å². The van der Waals surface area contributed by atoms with Gasteiger partial charge in [-0.25, -0.2) is 0 Å². The van der Waals surface area contributed by atoms with E-state index in [1.807, 2.05) is 18.4 Å². The first-order chi connectivity index (χ1) is 9.60. The van der Waals surface area contributed by atoms with Gasteiger partial charge in [0.1, 0.15) is 11.4 Å². The highest BCUT2D eigenvalue weighted by molar-refractivity contribution is 7.09. The molecule has 0 fully saturated rings. The third-order valence-electron chi connectivity index (χ3n) is 2.89. The number of ether oxygens (including phenoxy) is 1. The second-order valence-electron chi connectivity index (χ2n) is 4.47. The molecule has 0 saturated heterocycles. The van der Waals surface area contributed by atoms with Gasteiger partial charge in [-0.15, -0.1) is 11.3 Å². The fraction of sp³-hybridized carbons (Fsp3) is 0.286. The molecule has 1 aromatic carbocycles. The Bertz CT molecular complexity index is 584. The van der Waals surface area contributed by atoms with Gasteiger partial charge in [0.25, 0.3) is 5.69 Å². The van der Waals surface area contributed by atoms with Crippen molar-refractivity contribution in [1.82, 2.24) is 0 Å². The van der Waals surface area contributed by atoms with Crippen molar-refractivity contribution in [2.45, 2.75) is 19.4 Å². The predicted molar refractivity (Wildman–Crippen MR) is 80.8 cm³/mol. The van der Waals surface area contributed by atoms with E-state index in [4.69, 9.17) is 4.74 Å². The standard InChI is InChI=1S/C14H16N2O3S/c1-10(8-12-4-3-7-20-12)15-13-9-11(19-2)5-6-14(13)16(17)18/h3-7,9-10,15H,8H2,1-2H3. The van der Waals surface area contributed by atoms with E-state index in [-0.39, 0.29) is 16.7 Å². The van der Waals surface area contributed by atoms with Gasteiger partial charge >= 0.3 is 0 Å². The highest BCUT2D eigenvalue weighted by atomic mass is 32.1. The van der Waals surface area contributed by atoms with Gasteiger partial charge in [0, 0.05) is 29.5 Å². The maximum Gasteiger partial charge on any atom is 0.292 e. The van der Waals surface area contributed by atoms with Crippen molar-refractivity contribution in [2.24, 2.45) is 0 Å². The molecular formula is C14H16N2O3S. The van der Waals surface area contributed by atoms with Crippen LogP contribution in [0.2, 0.25) is 0 Å². The summed E-state index contributed by atoms with van der Waals surface area (Å²) in [6.07, 6.45) is 0.825. The van der Waals surface area contributed by atoms with Crippen LogP contribution in [0.5, 0.6) is 5.75 Å². The zero-order valence-electron chi connectivity index (χ0n) is 11.3. The van der Waals surface area contributed by atoms with Gasteiger partial charge in [-0.2, -0.15) is 0 Å². The van der Waals surface area contributed by atoms with E-state index >= 15 is 0 Å². The summed E-state index contributed by atoms with van der Waals surface area (Å²) in [7, 11) is 1.54. The molecule has 0 bridgehead atoms. The molecule has 0 amide bonds. The number of benzene rings is 1. The zero-order valence-corrected chi connectivity index (χ0v) is 12.1. The second kappa shape index (κ2) is 6.38. The van der Waals surface area contributed by atoms with Crippen molar-refractivity contribution in [2.75, 3.05) is 12.4 Å². The molecule has 0 saturated carbocycles. The summed E-state index contributed by atoms with van der Waals surface area (Å²) in [6.45, 7) is 2.00. The van der Waals surface area contributed by atoms with Crippen molar-refractivity contribution in [3.63, 3.8) is 0 Å². The highest BCUT2D eigenvalue weighted by Crippen LogP contribution is 2.29. The van der Waals surface area contributed by atoms with Crippen molar-refractivity contribution in [3.05, 3.63) is 50.7 Å². The Morgan fingerprint density at radius 1 is 1.45 bits per heavy atom. The molecule has 1 unspecified atom stereocenters. The SMILES string of the molecule is COc1ccc([N+](=O)[O-])c(NC(C)Cc2cccs2)c1. The Balaban J connectivity index is 2.16. The van der Waals surface area contributed by atoms with Crippen LogP contribution in [0.15, 0.2) is 35.7 Å². The lowest BCUT2D eigenvalue weighted by Crippen LogP contribution is -2.18. The minimum absolute atomic E-state index is 0.0591. The summed E-state index contributed by atoms with van der Waals surface area (Å²) in [6, 6.07) is 8.86. The molecule has 0 aliphatic carbocycles. The Morgan fingerprint density at radius 3 is 2.85 bits per heavy atom. The lowest BCUT2D eigenvalue weighted by molar-refractivity contribution is -0.384. The summed E-state index contributed by atoms with van der Waals surface area (Å²) in [5.74, 6) is 0.599. The van der Waals surface area contributed by atoms with Crippen LogP contribution in [0.4, 0.5) is 11.4 Å². The molecule has 1 aromatic heterocycles. The lowest BCUT2D eigenvalue weighted by atomic mass is 10.1. The first-order valence-electron chi connectivity index (χ1n) is 6.21. The van der Waals surface area contributed by atoms with Crippen LogP contribution in [0.1, 0.15) is 11.8 Å². The molecule has 6 heteroatoms. The third-order valence-corrected chi connectivity index (χ3v) is 3.79. The van der Waals surface area contributed by atoms with Gasteiger partial charge < -0.3 is 10.1 Å². The van der Waals surface area contributed by atoms with Crippen LogP contribution in [0.25, 0.3) is 0 Å². The van der Waals surface area contributed by atoms with Crippen LogP contribution in [-0.2, 0) is 6.42 Å². The second-order valence-corrected chi connectivity index (χ2v) is 5.50. The van der Waals surface area contributed by atoms with E-state index in [0.29, 0.717) is 11.4 Å². The number of anilines is 1. The molecule has 1 heterocycles. The molecule has 5 nitrogen and oxygen atoms in total. The van der Waals surface area contributed by atoms with E-state index in [1.165, 1.54) is 10.9 Å². The fourth-order valence-corrected chi connectivity index (χ4v) is 2.80. The Labute approximate surface area is 121 Å². The summed E-state index contributed by atoms with van der Waals surface area (Å²) >= 11 is 1.68. The molecule has 2 aromatic rings. The number of nitrogens with zero attached hydrogens (tertiary/aromatic N) is 1. The van der Waals surface area contributed by atoms with E-state index < -0.39 is 0 Å². The van der Waals surface area contributed by atoms with Crippen LogP contribution >= 0.6 is 11.3 Å². The Morgan fingerprint density at radius 2 is 2.25 bits per heavy atom. The van der Waals surface area contributed by atoms with Gasteiger partial charge in [0.15, 0.2) is 0 Å². The van der Waals surface area contributed by atoms with Crippen LogP contribution < -0.4 is 10.1 Å². The molecule has 0 aliphatic rings. The first kappa shape index (κ1) is 14.3. The summed E-state index contributed by atoms with van der Waals surface area (Å²) < 4.78 is 5.12. The number of nitro groups is 1. The number of rotatable bonds is 6. The molecule has 0 radical (unpaired) electrons. The van der Waals surface area contributed by atoms with Crippen LogP contribution in [0.3, 0.4) is 0 Å². The zero-order chi connectivity index (χ0) is 14.5. The summed E-state index contributed by atoms with van der Waals surface area (Å²) in [4.78, 5) is 11.9. The van der Waals surface area contributed by atoms with E-state index in [2.05, 4.69) is 11.4 Å². The smallest absolute Gasteiger partial charge is 0.292 e. The molecule has 2 rings (SSSR count). The maximum atomic E-state index is 11.0. The van der Waals surface area contributed by atoms with Gasteiger partial charge in [-0.05, 0) is 24.4 Å². The van der Waals surface area contributed by atoms with Crippen molar-refractivity contribution in [1.29, 1.82) is 0 Å². The van der Waals surface area contributed by atoms with E-state index in [0.717, 1.165) is 6.42 Å². The number of nitrogens with one attached hydrogen (secondary N) is 1. The first-order valence-corrected chi connectivity index (χ1v) is 7.09. The molecule has 0 aliphatic heterocycles. The number of hydrogen-bond acceptors (Lipinski definition) is 5. The highest BCUT2D eigenvalue weighted by Gasteiger charge is 2.16. The average molecular weight is 292 g/mol. The van der Waals surface area contributed by atoms with Gasteiger partial charge in [-0.3, -0.25) is 10.1 Å². The van der Waals surface area contributed by atoms with Crippen molar-refractivity contribution < 1.29 is 9.66 Å². The Hall–Kier alpha value is -2.08. The molecule has 1 atom stereocenters.